The summed E-state index contributed by atoms with van der Waals surface area (Å²) in [5.41, 5.74) is 1.06. The van der Waals surface area contributed by atoms with E-state index in [0.717, 1.165) is 0 Å². The second kappa shape index (κ2) is 4.10. The van der Waals surface area contributed by atoms with Crippen LogP contribution in [-0.4, -0.2) is 9.72 Å². The molecule has 0 bridgehead atoms. The fraction of sp³-hybridized carbons (Fsp3) is 0.250. The maximum atomic E-state index is 12.0. The number of benzene rings is 1. The molecule has 0 amide bonds. The van der Waals surface area contributed by atoms with Crippen LogP contribution in [0.5, 0.6) is 0 Å². The summed E-state index contributed by atoms with van der Waals surface area (Å²) < 4.78 is 47.0. The van der Waals surface area contributed by atoms with E-state index in [2.05, 4.69) is 0 Å². The van der Waals surface area contributed by atoms with Gasteiger partial charge in [-0.3, -0.25) is 0 Å². The van der Waals surface area contributed by atoms with Crippen molar-refractivity contribution in [3.8, 4) is 0 Å². The van der Waals surface area contributed by atoms with Gasteiger partial charge in [-0.2, -0.15) is 13.2 Å². The van der Waals surface area contributed by atoms with Crippen LogP contribution in [0, 0.1) is 0 Å². The molecule has 0 saturated heterocycles. The van der Waals surface area contributed by atoms with Crippen LogP contribution in [0.4, 0.5) is 13.2 Å². The van der Waals surface area contributed by atoms with E-state index >= 15 is 0 Å². The summed E-state index contributed by atoms with van der Waals surface area (Å²) >= 11 is 0. The molecule has 78 valence electrons. The molecule has 14 heavy (non-hydrogen) atoms. The second-order valence-corrected chi connectivity index (χ2v) is 4.04. The van der Waals surface area contributed by atoms with Gasteiger partial charge in [0.15, 0.2) is 10.8 Å². The molecule has 0 aliphatic heterocycles. The topological polar surface area (TPSA) is 43.1 Å². The normalized spacial score (nSPS) is 14.0. The van der Waals surface area contributed by atoms with Crippen molar-refractivity contribution < 1.29 is 17.4 Å². The lowest BCUT2D eigenvalue weighted by Gasteiger charge is -2.06. The summed E-state index contributed by atoms with van der Waals surface area (Å²) in [4.78, 5) is -0.263. The highest BCUT2D eigenvalue weighted by atomic mass is 32.2. The van der Waals surface area contributed by atoms with Gasteiger partial charge in [0.1, 0.15) is 0 Å². The van der Waals surface area contributed by atoms with Crippen molar-refractivity contribution in [1.29, 1.82) is 0 Å². The molecule has 2 nitrogen and oxygen atoms in total. The molecule has 0 spiro atoms. The van der Waals surface area contributed by atoms with Crippen molar-refractivity contribution in [2.75, 3.05) is 0 Å². The van der Waals surface area contributed by atoms with Gasteiger partial charge in [-0.25, -0.2) is 4.21 Å². The van der Waals surface area contributed by atoms with Crippen LogP contribution in [0.15, 0.2) is 29.2 Å². The highest BCUT2D eigenvalue weighted by Gasteiger charge is 2.37. The number of rotatable bonds is 2. The highest BCUT2D eigenvalue weighted by molar-refractivity contribution is 7.86. The zero-order valence-corrected chi connectivity index (χ0v) is 7.86. The lowest BCUT2D eigenvalue weighted by molar-refractivity contribution is -0.0384. The first-order valence-corrected chi connectivity index (χ1v) is 4.87. The zero-order valence-electron chi connectivity index (χ0n) is 7.04. The maximum absolute atomic E-state index is 12.0. The van der Waals surface area contributed by atoms with Crippen LogP contribution in [0.3, 0.4) is 0 Å². The molecular weight excluding hydrogens is 215 g/mol. The minimum absolute atomic E-state index is 0.128. The summed E-state index contributed by atoms with van der Waals surface area (Å²) in [6.07, 6.45) is 0. The Balaban J connectivity index is 3.02. The SMILES string of the molecule is NCc1cccc(S(=O)C(F)(F)F)c1. The van der Waals surface area contributed by atoms with Crippen LogP contribution >= 0.6 is 0 Å². The minimum atomic E-state index is -4.72. The van der Waals surface area contributed by atoms with Crippen LogP contribution in [0.25, 0.3) is 0 Å². The van der Waals surface area contributed by atoms with Crippen molar-refractivity contribution in [2.45, 2.75) is 16.9 Å². The van der Waals surface area contributed by atoms with E-state index in [4.69, 9.17) is 5.73 Å². The van der Waals surface area contributed by atoms with Crippen LogP contribution in [-0.2, 0) is 17.3 Å². The van der Waals surface area contributed by atoms with Crippen molar-refractivity contribution in [2.24, 2.45) is 5.73 Å². The molecule has 0 radical (unpaired) electrons. The average Bonchev–Trinajstić information content (AvgIpc) is 2.15. The Labute approximate surface area is 81.4 Å². The molecule has 0 aromatic heterocycles. The van der Waals surface area contributed by atoms with Crippen LogP contribution in [0.1, 0.15) is 5.56 Å². The first kappa shape index (κ1) is 11.2. The Morgan fingerprint density at radius 1 is 1.36 bits per heavy atom. The molecule has 6 heteroatoms. The van der Waals surface area contributed by atoms with Gasteiger partial charge in [0, 0.05) is 11.4 Å². The molecule has 0 saturated carbocycles. The first-order valence-electron chi connectivity index (χ1n) is 3.73. The zero-order chi connectivity index (χ0) is 10.8. The largest absolute Gasteiger partial charge is 0.475 e. The number of alkyl halides is 3. The Kier molecular flexibility index (Phi) is 3.28. The number of nitrogens with two attached hydrogens (primary N) is 1. The Morgan fingerprint density at radius 3 is 2.50 bits per heavy atom. The number of hydrogen-bond acceptors (Lipinski definition) is 2. The summed E-state index contributed by atoms with van der Waals surface area (Å²) in [5.74, 6) is 0. The quantitative estimate of drug-likeness (QED) is 0.830. The Hall–Kier alpha value is -0.880. The van der Waals surface area contributed by atoms with Gasteiger partial charge >= 0.3 is 5.51 Å². The average molecular weight is 223 g/mol. The molecule has 0 heterocycles. The molecule has 0 aliphatic rings. The van der Waals surface area contributed by atoms with Crippen molar-refractivity contribution in [3.63, 3.8) is 0 Å². The molecule has 2 N–H and O–H groups in total. The number of halogens is 3. The fourth-order valence-electron chi connectivity index (χ4n) is 0.921. The Bertz CT molecular complexity index is 351. The molecule has 1 aromatic rings. The van der Waals surface area contributed by atoms with Crippen molar-refractivity contribution in [3.05, 3.63) is 29.8 Å². The summed E-state index contributed by atoms with van der Waals surface area (Å²) in [7, 11) is -2.97. The van der Waals surface area contributed by atoms with Gasteiger partial charge < -0.3 is 5.73 Å². The third-order valence-corrected chi connectivity index (χ3v) is 2.66. The predicted molar refractivity (Wildman–Crippen MR) is 46.8 cm³/mol. The van der Waals surface area contributed by atoms with Gasteiger partial charge in [-0.05, 0) is 17.7 Å². The first-order chi connectivity index (χ1) is 6.45. The minimum Gasteiger partial charge on any atom is -0.326 e. The lowest BCUT2D eigenvalue weighted by atomic mass is 10.2. The molecule has 1 aromatic carbocycles. The summed E-state index contributed by atoms with van der Waals surface area (Å²) in [5, 5.41) is 0. The van der Waals surface area contributed by atoms with Gasteiger partial charge in [0.05, 0.1) is 0 Å². The van der Waals surface area contributed by atoms with Crippen molar-refractivity contribution >= 4 is 10.8 Å². The highest BCUT2D eigenvalue weighted by Crippen LogP contribution is 2.26. The molecule has 0 fully saturated rings. The van der Waals surface area contributed by atoms with E-state index in [-0.39, 0.29) is 11.4 Å². The third-order valence-electron chi connectivity index (χ3n) is 1.56. The monoisotopic (exact) mass is 223 g/mol. The smallest absolute Gasteiger partial charge is 0.326 e. The summed E-state index contributed by atoms with van der Waals surface area (Å²) in [6, 6.07) is 5.35. The molecule has 1 atom stereocenters. The van der Waals surface area contributed by atoms with E-state index < -0.39 is 16.3 Å². The van der Waals surface area contributed by atoms with Gasteiger partial charge in [-0.1, -0.05) is 12.1 Å². The molecule has 0 aliphatic carbocycles. The van der Waals surface area contributed by atoms with Crippen LogP contribution in [0.2, 0.25) is 0 Å². The molecule has 1 rings (SSSR count). The second-order valence-electron chi connectivity index (χ2n) is 2.57. The standard InChI is InChI=1S/C8H8F3NOS/c9-8(10,11)14(13)7-3-1-2-6(4-7)5-12/h1-4H,5,12H2. The van der Waals surface area contributed by atoms with Crippen molar-refractivity contribution in [1.82, 2.24) is 0 Å². The van der Waals surface area contributed by atoms with E-state index in [1.54, 1.807) is 6.07 Å². The fourth-order valence-corrected chi connectivity index (χ4v) is 1.65. The maximum Gasteiger partial charge on any atom is 0.475 e. The summed E-state index contributed by atoms with van der Waals surface area (Å²) in [6.45, 7) is 0.128. The molecule has 1 unspecified atom stereocenters. The van der Waals surface area contributed by atoms with Gasteiger partial charge in [0.2, 0.25) is 0 Å². The lowest BCUT2D eigenvalue weighted by Crippen LogP contribution is -2.16. The van der Waals surface area contributed by atoms with Gasteiger partial charge in [-0.15, -0.1) is 0 Å². The van der Waals surface area contributed by atoms with E-state index in [1.165, 1.54) is 18.2 Å². The predicted octanol–water partition coefficient (Wildman–Crippen LogP) is 1.77. The molecular formula is C8H8F3NOS. The Morgan fingerprint density at radius 2 is 2.00 bits per heavy atom. The van der Waals surface area contributed by atoms with E-state index in [9.17, 15) is 17.4 Å². The van der Waals surface area contributed by atoms with Crippen LogP contribution < -0.4 is 5.73 Å². The third kappa shape index (κ3) is 2.55. The number of hydrogen-bond donors (Lipinski definition) is 1. The van der Waals surface area contributed by atoms with E-state index in [0.29, 0.717) is 5.56 Å². The van der Waals surface area contributed by atoms with E-state index in [1.807, 2.05) is 0 Å². The van der Waals surface area contributed by atoms with Gasteiger partial charge in [0.25, 0.3) is 0 Å².